The number of hydrogen-bond donors (Lipinski definition) is 2. The molecule has 0 aliphatic carbocycles. The summed E-state index contributed by atoms with van der Waals surface area (Å²) in [6, 6.07) is 5.92. The molecule has 2 N–H and O–H groups in total. The van der Waals surface area contributed by atoms with E-state index in [-0.39, 0.29) is 11.8 Å². The summed E-state index contributed by atoms with van der Waals surface area (Å²) in [6.07, 6.45) is 4.07. The Morgan fingerprint density at radius 2 is 2.45 bits per heavy atom. The first-order valence-corrected chi connectivity index (χ1v) is 8.76. The van der Waals surface area contributed by atoms with E-state index in [4.69, 9.17) is 0 Å². The lowest BCUT2D eigenvalue weighted by atomic mass is 9.99. The Kier molecular flexibility index (Phi) is 4.24. The fraction of sp³-hybridized carbons (Fsp3) is 0.429. The summed E-state index contributed by atoms with van der Waals surface area (Å²) in [4.78, 5) is 16.7. The molecule has 2 heterocycles. The van der Waals surface area contributed by atoms with E-state index in [1.807, 2.05) is 24.5 Å². The van der Waals surface area contributed by atoms with Crippen molar-refractivity contribution < 1.29 is 4.79 Å². The van der Waals surface area contributed by atoms with Gasteiger partial charge in [-0.1, -0.05) is 11.8 Å². The van der Waals surface area contributed by atoms with Gasteiger partial charge in [0, 0.05) is 12.2 Å². The second kappa shape index (κ2) is 6.11. The summed E-state index contributed by atoms with van der Waals surface area (Å²) in [5, 5.41) is 6.29. The number of nitrogens with one attached hydrogen (secondary N) is 2. The lowest BCUT2D eigenvalue weighted by Gasteiger charge is -2.21. The fourth-order valence-electron chi connectivity index (χ4n) is 2.39. The molecule has 2 aromatic rings. The van der Waals surface area contributed by atoms with E-state index in [9.17, 15) is 4.79 Å². The standard InChI is InChI=1S/C14H17N3OS2/c1-19-14-17-11-5-4-10(7-12(11)20-14)16-13(18)9-3-2-6-15-8-9/h4-5,7,9,15H,2-3,6,8H2,1H3,(H,16,18)/t9-/m0/s1. The molecule has 0 unspecified atom stereocenters. The first-order chi connectivity index (χ1) is 9.76. The zero-order valence-electron chi connectivity index (χ0n) is 11.3. The maximum atomic E-state index is 12.2. The SMILES string of the molecule is CSc1nc2ccc(NC(=O)[C@H]3CCCNC3)cc2s1. The third kappa shape index (κ3) is 2.97. The lowest BCUT2D eigenvalue weighted by Crippen LogP contribution is -2.37. The van der Waals surface area contributed by atoms with Crippen molar-refractivity contribution in [3.8, 4) is 0 Å². The number of aromatic nitrogens is 1. The van der Waals surface area contributed by atoms with Gasteiger partial charge in [-0.05, 0) is 43.8 Å². The van der Waals surface area contributed by atoms with Crippen LogP contribution in [0.25, 0.3) is 10.2 Å². The van der Waals surface area contributed by atoms with Crippen LogP contribution in [0.15, 0.2) is 22.5 Å². The molecule has 1 aliphatic heterocycles. The number of nitrogens with zero attached hydrogens (tertiary/aromatic N) is 1. The van der Waals surface area contributed by atoms with Gasteiger partial charge in [0.15, 0.2) is 4.34 Å². The van der Waals surface area contributed by atoms with Crippen molar-refractivity contribution in [2.75, 3.05) is 24.7 Å². The van der Waals surface area contributed by atoms with Gasteiger partial charge in [0.25, 0.3) is 0 Å². The van der Waals surface area contributed by atoms with E-state index in [1.54, 1.807) is 23.1 Å². The summed E-state index contributed by atoms with van der Waals surface area (Å²) < 4.78 is 2.17. The molecule has 0 radical (unpaired) electrons. The molecular weight excluding hydrogens is 290 g/mol. The minimum Gasteiger partial charge on any atom is -0.326 e. The maximum Gasteiger partial charge on any atom is 0.228 e. The molecule has 1 aromatic heterocycles. The van der Waals surface area contributed by atoms with Gasteiger partial charge >= 0.3 is 0 Å². The molecule has 0 saturated carbocycles. The Morgan fingerprint density at radius 1 is 1.55 bits per heavy atom. The maximum absolute atomic E-state index is 12.2. The first kappa shape index (κ1) is 13.9. The number of rotatable bonds is 3. The molecule has 106 valence electrons. The zero-order chi connectivity index (χ0) is 13.9. The van der Waals surface area contributed by atoms with Crippen molar-refractivity contribution in [1.82, 2.24) is 10.3 Å². The molecular formula is C14H17N3OS2. The summed E-state index contributed by atoms with van der Waals surface area (Å²) in [6.45, 7) is 1.80. The smallest absolute Gasteiger partial charge is 0.228 e. The third-order valence-electron chi connectivity index (χ3n) is 3.48. The predicted octanol–water partition coefficient (Wildman–Crippen LogP) is 2.96. The van der Waals surface area contributed by atoms with Crippen LogP contribution in [0.2, 0.25) is 0 Å². The molecule has 1 saturated heterocycles. The second-order valence-electron chi connectivity index (χ2n) is 4.90. The third-order valence-corrected chi connectivity index (χ3v) is 5.48. The highest BCUT2D eigenvalue weighted by Gasteiger charge is 2.20. The van der Waals surface area contributed by atoms with Gasteiger partial charge in [-0.25, -0.2) is 4.98 Å². The summed E-state index contributed by atoms with van der Waals surface area (Å²) in [5.74, 6) is 0.203. The predicted molar refractivity (Wildman–Crippen MR) is 85.6 cm³/mol. The minimum atomic E-state index is 0.0858. The van der Waals surface area contributed by atoms with Crippen molar-refractivity contribution in [3.05, 3.63) is 18.2 Å². The molecule has 6 heteroatoms. The average Bonchev–Trinajstić information content (AvgIpc) is 2.90. The van der Waals surface area contributed by atoms with Gasteiger partial charge in [0.1, 0.15) is 0 Å². The average molecular weight is 307 g/mol. The summed E-state index contributed by atoms with van der Waals surface area (Å²) in [7, 11) is 0. The van der Waals surface area contributed by atoms with Crippen molar-refractivity contribution in [2.45, 2.75) is 17.2 Å². The molecule has 0 bridgehead atoms. The van der Waals surface area contributed by atoms with E-state index in [0.29, 0.717) is 0 Å². The number of hydrogen-bond acceptors (Lipinski definition) is 5. The lowest BCUT2D eigenvalue weighted by molar-refractivity contribution is -0.120. The van der Waals surface area contributed by atoms with Gasteiger partial charge in [-0.3, -0.25) is 4.79 Å². The summed E-state index contributed by atoms with van der Waals surface area (Å²) >= 11 is 3.31. The molecule has 1 aliphatic rings. The Hall–Kier alpha value is -1.11. The monoisotopic (exact) mass is 307 g/mol. The van der Waals surface area contributed by atoms with Crippen LogP contribution in [0.1, 0.15) is 12.8 Å². The molecule has 1 atom stereocenters. The topological polar surface area (TPSA) is 54.0 Å². The Labute approximate surface area is 126 Å². The van der Waals surface area contributed by atoms with Crippen LogP contribution in [-0.4, -0.2) is 30.2 Å². The number of piperidine rings is 1. The largest absolute Gasteiger partial charge is 0.326 e. The number of carbonyl (C=O) groups excluding carboxylic acids is 1. The number of amides is 1. The first-order valence-electron chi connectivity index (χ1n) is 6.72. The molecule has 1 amide bonds. The van der Waals surface area contributed by atoms with Gasteiger partial charge in [-0.2, -0.15) is 0 Å². The fourth-order valence-corrected chi connectivity index (χ4v) is 3.92. The number of thioether (sulfide) groups is 1. The van der Waals surface area contributed by atoms with Crippen LogP contribution in [0.3, 0.4) is 0 Å². The molecule has 1 aromatic carbocycles. The number of benzene rings is 1. The van der Waals surface area contributed by atoms with Crippen LogP contribution in [0, 0.1) is 5.92 Å². The molecule has 1 fully saturated rings. The van der Waals surface area contributed by atoms with Crippen LogP contribution in [0.4, 0.5) is 5.69 Å². The van der Waals surface area contributed by atoms with Crippen molar-refractivity contribution >= 4 is 44.9 Å². The zero-order valence-corrected chi connectivity index (χ0v) is 12.9. The van der Waals surface area contributed by atoms with Crippen LogP contribution < -0.4 is 10.6 Å². The highest BCUT2D eigenvalue weighted by Crippen LogP contribution is 2.30. The molecule has 3 rings (SSSR count). The van der Waals surface area contributed by atoms with Crippen LogP contribution in [0.5, 0.6) is 0 Å². The van der Waals surface area contributed by atoms with Crippen molar-refractivity contribution in [3.63, 3.8) is 0 Å². The van der Waals surface area contributed by atoms with Gasteiger partial charge in [0.2, 0.25) is 5.91 Å². The Morgan fingerprint density at radius 3 is 3.20 bits per heavy atom. The second-order valence-corrected chi connectivity index (χ2v) is 6.98. The number of anilines is 1. The van der Waals surface area contributed by atoms with Crippen LogP contribution >= 0.6 is 23.1 Å². The van der Waals surface area contributed by atoms with E-state index < -0.39 is 0 Å². The van der Waals surface area contributed by atoms with Crippen molar-refractivity contribution in [2.24, 2.45) is 5.92 Å². The summed E-state index contributed by atoms with van der Waals surface area (Å²) in [5.41, 5.74) is 1.86. The number of fused-ring (bicyclic) bond motifs is 1. The Bertz CT molecular complexity index is 620. The van der Waals surface area contributed by atoms with E-state index in [2.05, 4.69) is 15.6 Å². The highest BCUT2D eigenvalue weighted by molar-refractivity contribution is 8.00. The quantitative estimate of drug-likeness (QED) is 0.856. The normalized spacial score (nSPS) is 19.1. The van der Waals surface area contributed by atoms with Gasteiger partial charge < -0.3 is 10.6 Å². The van der Waals surface area contributed by atoms with Gasteiger partial charge in [0.05, 0.1) is 16.1 Å². The molecule has 4 nitrogen and oxygen atoms in total. The van der Waals surface area contributed by atoms with E-state index in [0.717, 1.165) is 46.2 Å². The minimum absolute atomic E-state index is 0.0858. The highest BCUT2D eigenvalue weighted by atomic mass is 32.2. The number of carbonyl (C=O) groups is 1. The van der Waals surface area contributed by atoms with E-state index >= 15 is 0 Å². The molecule has 0 spiro atoms. The van der Waals surface area contributed by atoms with E-state index in [1.165, 1.54) is 0 Å². The van der Waals surface area contributed by atoms with Crippen LogP contribution in [-0.2, 0) is 4.79 Å². The molecule has 20 heavy (non-hydrogen) atoms. The van der Waals surface area contributed by atoms with Gasteiger partial charge in [-0.15, -0.1) is 11.3 Å². The number of thiazole rings is 1. The Balaban J connectivity index is 1.74. The van der Waals surface area contributed by atoms with Crippen molar-refractivity contribution in [1.29, 1.82) is 0 Å².